The van der Waals surface area contributed by atoms with Gasteiger partial charge in [-0.05, 0) is 12.8 Å². The highest BCUT2D eigenvalue weighted by Crippen LogP contribution is 2.28. The van der Waals surface area contributed by atoms with Crippen molar-refractivity contribution < 1.29 is 14.7 Å². The molecule has 7 heteroatoms. The van der Waals surface area contributed by atoms with E-state index in [2.05, 4.69) is 15.7 Å². The highest BCUT2D eigenvalue weighted by atomic mass is 16.4. The topological polar surface area (TPSA) is 96.2 Å². The molecule has 1 aliphatic rings. The number of aryl methyl sites for hydroxylation is 1. The number of urea groups is 1. The van der Waals surface area contributed by atoms with E-state index in [-0.39, 0.29) is 0 Å². The Labute approximate surface area is 111 Å². The van der Waals surface area contributed by atoms with Gasteiger partial charge < -0.3 is 15.7 Å². The Morgan fingerprint density at radius 1 is 1.37 bits per heavy atom. The predicted octanol–water partition coefficient (Wildman–Crippen LogP) is 1.33. The molecule has 0 radical (unpaired) electrons. The van der Waals surface area contributed by atoms with E-state index in [0.717, 1.165) is 19.3 Å². The first-order valence-corrected chi connectivity index (χ1v) is 6.33. The van der Waals surface area contributed by atoms with E-state index in [1.165, 1.54) is 6.20 Å². The molecule has 0 bridgehead atoms. The van der Waals surface area contributed by atoms with Crippen LogP contribution in [0.2, 0.25) is 0 Å². The average Bonchev–Trinajstić information content (AvgIpc) is 2.75. The van der Waals surface area contributed by atoms with Gasteiger partial charge in [-0.1, -0.05) is 19.3 Å². The maximum Gasteiger partial charge on any atom is 0.329 e. The average molecular weight is 266 g/mol. The largest absolute Gasteiger partial charge is 0.480 e. The Hall–Kier alpha value is -2.05. The predicted molar refractivity (Wildman–Crippen MR) is 68.8 cm³/mol. The van der Waals surface area contributed by atoms with Crippen molar-refractivity contribution in [3.63, 3.8) is 0 Å². The number of anilines is 1. The molecule has 3 N–H and O–H groups in total. The van der Waals surface area contributed by atoms with E-state index in [9.17, 15) is 14.7 Å². The number of aromatic nitrogens is 2. The molecule has 0 saturated heterocycles. The van der Waals surface area contributed by atoms with Crippen LogP contribution in [0.4, 0.5) is 10.5 Å². The van der Waals surface area contributed by atoms with E-state index >= 15 is 0 Å². The van der Waals surface area contributed by atoms with Gasteiger partial charge >= 0.3 is 12.0 Å². The van der Waals surface area contributed by atoms with E-state index in [1.807, 2.05) is 0 Å². The summed E-state index contributed by atoms with van der Waals surface area (Å²) in [5.74, 6) is -0.964. The monoisotopic (exact) mass is 266 g/mol. The molecule has 1 aromatic rings. The molecule has 1 heterocycles. The van der Waals surface area contributed by atoms with Crippen LogP contribution in [0, 0.1) is 0 Å². The van der Waals surface area contributed by atoms with Crippen molar-refractivity contribution in [2.45, 2.75) is 37.6 Å². The third kappa shape index (κ3) is 3.04. The second-order valence-corrected chi connectivity index (χ2v) is 4.93. The summed E-state index contributed by atoms with van der Waals surface area (Å²) < 4.78 is 1.56. The zero-order chi connectivity index (χ0) is 13.9. The van der Waals surface area contributed by atoms with Crippen LogP contribution in [0.5, 0.6) is 0 Å². The minimum atomic E-state index is -1.13. The van der Waals surface area contributed by atoms with Crippen molar-refractivity contribution in [2.24, 2.45) is 7.05 Å². The molecule has 2 amide bonds. The fourth-order valence-corrected chi connectivity index (χ4v) is 2.41. The number of amides is 2. The van der Waals surface area contributed by atoms with E-state index in [4.69, 9.17) is 0 Å². The minimum Gasteiger partial charge on any atom is -0.480 e. The third-order valence-corrected chi connectivity index (χ3v) is 3.43. The van der Waals surface area contributed by atoms with Gasteiger partial charge in [-0.2, -0.15) is 5.10 Å². The van der Waals surface area contributed by atoms with E-state index < -0.39 is 17.5 Å². The van der Waals surface area contributed by atoms with Crippen molar-refractivity contribution in [1.29, 1.82) is 0 Å². The van der Waals surface area contributed by atoms with Gasteiger partial charge in [0.05, 0.1) is 11.9 Å². The summed E-state index contributed by atoms with van der Waals surface area (Å²) in [7, 11) is 1.74. The first kappa shape index (κ1) is 13.4. The molecule has 7 nitrogen and oxygen atoms in total. The van der Waals surface area contributed by atoms with Gasteiger partial charge in [-0.15, -0.1) is 0 Å². The van der Waals surface area contributed by atoms with Crippen molar-refractivity contribution in [1.82, 2.24) is 15.1 Å². The maximum absolute atomic E-state index is 11.9. The zero-order valence-corrected chi connectivity index (χ0v) is 10.8. The van der Waals surface area contributed by atoms with Gasteiger partial charge in [0.15, 0.2) is 0 Å². The van der Waals surface area contributed by atoms with Crippen LogP contribution in [-0.2, 0) is 11.8 Å². The Kier molecular flexibility index (Phi) is 3.73. The summed E-state index contributed by atoms with van der Waals surface area (Å²) in [6, 6.07) is -0.502. The maximum atomic E-state index is 11.9. The highest BCUT2D eigenvalue weighted by Gasteiger charge is 2.41. The summed E-state index contributed by atoms with van der Waals surface area (Å²) in [6.45, 7) is 0. The smallest absolute Gasteiger partial charge is 0.329 e. The third-order valence-electron chi connectivity index (χ3n) is 3.43. The second-order valence-electron chi connectivity index (χ2n) is 4.93. The lowest BCUT2D eigenvalue weighted by molar-refractivity contribution is -0.145. The number of nitrogens with one attached hydrogen (secondary N) is 2. The lowest BCUT2D eigenvalue weighted by atomic mass is 9.82. The molecule has 0 aliphatic heterocycles. The summed E-state index contributed by atoms with van der Waals surface area (Å²) in [6.07, 6.45) is 6.76. The number of nitrogens with zero attached hydrogens (tertiary/aromatic N) is 2. The normalized spacial score (nSPS) is 17.7. The number of rotatable bonds is 3. The van der Waals surface area contributed by atoms with Crippen LogP contribution in [0.25, 0.3) is 0 Å². The number of aliphatic carboxylic acids is 1. The molecule has 0 atom stereocenters. The van der Waals surface area contributed by atoms with Crippen molar-refractivity contribution in [2.75, 3.05) is 5.32 Å². The van der Waals surface area contributed by atoms with Crippen molar-refractivity contribution in [3.05, 3.63) is 12.4 Å². The number of carbonyl (C=O) groups excluding carboxylic acids is 1. The first-order valence-electron chi connectivity index (χ1n) is 6.33. The van der Waals surface area contributed by atoms with Crippen molar-refractivity contribution >= 4 is 17.7 Å². The van der Waals surface area contributed by atoms with E-state index in [1.54, 1.807) is 17.9 Å². The standard InChI is InChI=1S/C12H18N4O3/c1-16-8-9(7-13-16)14-11(19)15-12(10(17)18)5-3-2-4-6-12/h7-8H,2-6H2,1H3,(H,17,18)(H2,14,15,19). The van der Waals surface area contributed by atoms with Crippen LogP contribution in [0.15, 0.2) is 12.4 Å². The lowest BCUT2D eigenvalue weighted by Gasteiger charge is -2.33. The summed E-state index contributed by atoms with van der Waals surface area (Å²) in [5.41, 5.74) is -0.596. The van der Waals surface area contributed by atoms with Crippen LogP contribution in [0.1, 0.15) is 32.1 Å². The highest BCUT2D eigenvalue weighted by molar-refractivity contribution is 5.93. The molecule has 1 saturated carbocycles. The molecule has 1 aliphatic carbocycles. The van der Waals surface area contributed by atoms with Crippen LogP contribution in [-0.4, -0.2) is 32.4 Å². The SMILES string of the molecule is Cn1cc(NC(=O)NC2(C(=O)O)CCCCC2)cn1. The Morgan fingerprint density at radius 2 is 2.05 bits per heavy atom. The number of carboxylic acid groups (broad SMARTS) is 1. The van der Waals surface area contributed by atoms with Crippen LogP contribution in [0.3, 0.4) is 0 Å². The number of hydrogen-bond acceptors (Lipinski definition) is 3. The molecule has 1 fully saturated rings. The molecule has 104 valence electrons. The minimum absolute atomic E-state index is 0.475. The van der Waals surface area contributed by atoms with Gasteiger partial charge in [0, 0.05) is 13.2 Å². The van der Waals surface area contributed by atoms with Gasteiger partial charge in [0.2, 0.25) is 0 Å². The molecule has 19 heavy (non-hydrogen) atoms. The van der Waals surface area contributed by atoms with Gasteiger partial charge in [-0.25, -0.2) is 9.59 Å². The lowest BCUT2D eigenvalue weighted by Crippen LogP contribution is -2.56. The number of hydrogen-bond donors (Lipinski definition) is 3. The Bertz CT molecular complexity index is 477. The van der Waals surface area contributed by atoms with Crippen molar-refractivity contribution in [3.8, 4) is 0 Å². The summed E-state index contributed by atoms with van der Waals surface area (Å²) in [5, 5.41) is 18.5. The molecule has 0 unspecified atom stereocenters. The number of carbonyl (C=O) groups is 2. The van der Waals surface area contributed by atoms with Gasteiger partial charge in [-0.3, -0.25) is 4.68 Å². The van der Waals surface area contributed by atoms with E-state index in [0.29, 0.717) is 18.5 Å². The molecule has 0 spiro atoms. The second kappa shape index (κ2) is 5.29. The molecular formula is C12H18N4O3. The molecule has 2 rings (SSSR count). The molecule has 1 aromatic heterocycles. The van der Waals surface area contributed by atoms with Crippen LogP contribution < -0.4 is 10.6 Å². The fraction of sp³-hybridized carbons (Fsp3) is 0.583. The number of carboxylic acids is 1. The first-order chi connectivity index (χ1) is 9.02. The Balaban J connectivity index is 2.01. The molecule has 0 aromatic carbocycles. The fourth-order valence-electron chi connectivity index (χ4n) is 2.41. The van der Waals surface area contributed by atoms with Gasteiger partial charge in [0.1, 0.15) is 5.54 Å². The molecular weight excluding hydrogens is 248 g/mol. The van der Waals surface area contributed by atoms with Gasteiger partial charge in [0.25, 0.3) is 0 Å². The zero-order valence-electron chi connectivity index (χ0n) is 10.8. The Morgan fingerprint density at radius 3 is 2.58 bits per heavy atom. The van der Waals surface area contributed by atoms with Crippen LogP contribution >= 0.6 is 0 Å². The quantitative estimate of drug-likeness (QED) is 0.769. The summed E-state index contributed by atoms with van der Waals surface area (Å²) in [4.78, 5) is 23.3. The summed E-state index contributed by atoms with van der Waals surface area (Å²) >= 11 is 0.